The Kier molecular flexibility index (Phi) is 3.96. The minimum atomic E-state index is 0.220. The van der Waals surface area contributed by atoms with Crippen LogP contribution >= 0.6 is 11.6 Å². The number of fused-ring (bicyclic) bond motifs is 1. The van der Waals surface area contributed by atoms with E-state index in [-0.39, 0.29) is 6.79 Å². The molecule has 21 heavy (non-hydrogen) atoms. The molecule has 0 saturated heterocycles. The van der Waals surface area contributed by atoms with E-state index in [0.29, 0.717) is 34.1 Å². The fourth-order valence-electron chi connectivity index (χ4n) is 1.80. The SMILES string of the molecule is CCCNc1ncc(Cl)c(Oc2ccc3c(c2)OCO3)n1. The van der Waals surface area contributed by atoms with E-state index in [0.717, 1.165) is 13.0 Å². The first-order valence-electron chi connectivity index (χ1n) is 6.60. The third-order valence-electron chi connectivity index (χ3n) is 2.80. The van der Waals surface area contributed by atoms with Gasteiger partial charge in [-0.15, -0.1) is 0 Å². The summed E-state index contributed by atoms with van der Waals surface area (Å²) in [6, 6.07) is 5.29. The molecule has 0 amide bonds. The molecule has 1 aliphatic heterocycles. The van der Waals surface area contributed by atoms with Gasteiger partial charge >= 0.3 is 0 Å². The van der Waals surface area contributed by atoms with Crippen molar-refractivity contribution in [1.29, 1.82) is 0 Å². The average Bonchev–Trinajstić information content (AvgIpc) is 2.95. The molecule has 2 aromatic rings. The topological polar surface area (TPSA) is 65.5 Å². The third kappa shape index (κ3) is 3.11. The first-order valence-corrected chi connectivity index (χ1v) is 6.98. The van der Waals surface area contributed by atoms with Gasteiger partial charge in [-0.1, -0.05) is 18.5 Å². The van der Waals surface area contributed by atoms with Crippen molar-refractivity contribution in [3.63, 3.8) is 0 Å². The van der Waals surface area contributed by atoms with Gasteiger partial charge in [0.05, 0.1) is 6.20 Å². The predicted molar refractivity (Wildman–Crippen MR) is 78.5 cm³/mol. The minimum Gasteiger partial charge on any atom is -0.454 e. The molecule has 0 radical (unpaired) electrons. The van der Waals surface area contributed by atoms with E-state index in [1.165, 1.54) is 6.20 Å². The molecule has 3 rings (SSSR count). The van der Waals surface area contributed by atoms with Gasteiger partial charge in [-0.25, -0.2) is 4.98 Å². The van der Waals surface area contributed by atoms with E-state index < -0.39 is 0 Å². The standard InChI is InChI=1S/C14H14ClN3O3/c1-2-5-16-14-17-7-10(15)13(18-14)21-9-3-4-11-12(6-9)20-8-19-11/h3-4,6-7H,2,5,8H2,1H3,(H,16,17,18). The quantitative estimate of drug-likeness (QED) is 0.912. The lowest BCUT2D eigenvalue weighted by atomic mass is 10.3. The molecule has 2 heterocycles. The highest BCUT2D eigenvalue weighted by Gasteiger charge is 2.15. The monoisotopic (exact) mass is 307 g/mol. The molecule has 0 saturated carbocycles. The van der Waals surface area contributed by atoms with Gasteiger partial charge in [0.25, 0.3) is 0 Å². The highest BCUT2D eigenvalue weighted by atomic mass is 35.5. The molecule has 0 bridgehead atoms. The maximum Gasteiger partial charge on any atom is 0.243 e. The largest absolute Gasteiger partial charge is 0.454 e. The summed E-state index contributed by atoms with van der Waals surface area (Å²) in [4.78, 5) is 8.35. The summed E-state index contributed by atoms with van der Waals surface area (Å²) in [5.41, 5.74) is 0. The summed E-state index contributed by atoms with van der Waals surface area (Å²) in [5, 5.41) is 3.43. The molecule has 1 N–H and O–H groups in total. The first kappa shape index (κ1) is 13.8. The number of hydrogen-bond donors (Lipinski definition) is 1. The van der Waals surface area contributed by atoms with Crippen LogP contribution in [0.25, 0.3) is 0 Å². The van der Waals surface area contributed by atoms with Crippen LogP contribution in [0.4, 0.5) is 5.95 Å². The van der Waals surface area contributed by atoms with Crippen LogP contribution in [0.15, 0.2) is 24.4 Å². The third-order valence-corrected chi connectivity index (χ3v) is 3.06. The van der Waals surface area contributed by atoms with Gasteiger partial charge in [0.1, 0.15) is 10.8 Å². The number of halogens is 1. The van der Waals surface area contributed by atoms with Crippen LogP contribution in [-0.2, 0) is 0 Å². The van der Waals surface area contributed by atoms with Crippen molar-refractivity contribution in [2.45, 2.75) is 13.3 Å². The van der Waals surface area contributed by atoms with Crippen molar-refractivity contribution in [2.24, 2.45) is 0 Å². The molecule has 6 nitrogen and oxygen atoms in total. The average molecular weight is 308 g/mol. The highest BCUT2D eigenvalue weighted by Crippen LogP contribution is 2.37. The Labute approximate surface area is 127 Å². The smallest absolute Gasteiger partial charge is 0.243 e. The zero-order valence-corrected chi connectivity index (χ0v) is 12.2. The van der Waals surface area contributed by atoms with Crippen LogP contribution in [0.2, 0.25) is 5.02 Å². The molecule has 1 aromatic carbocycles. The van der Waals surface area contributed by atoms with Gasteiger partial charge in [-0.05, 0) is 18.6 Å². The Hall–Kier alpha value is -2.21. The number of aromatic nitrogens is 2. The number of nitrogens with zero attached hydrogens (tertiary/aromatic N) is 2. The Morgan fingerprint density at radius 2 is 2.19 bits per heavy atom. The molecule has 110 valence electrons. The minimum absolute atomic E-state index is 0.220. The summed E-state index contributed by atoms with van der Waals surface area (Å²) >= 11 is 6.06. The number of rotatable bonds is 5. The van der Waals surface area contributed by atoms with Gasteiger partial charge < -0.3 is 19.5 Å². The number of benzene rings is 1. The molecule has 0 atom stereocenters. The molecular weight excluding hydrogens is 294 g/mol. The molecule has 7 heteroatoms. The van der Waals surface area contributed by atoms with Crippen molar-refractivity contribution in [1.82, 2.24) is 9.97 Å². The summed E-state index contributed by atoms with van der Waals surface area (Å²) in [6.07, 6.45) is 2.49. The molecular formula is C14H14ClN3O3. The maximum atomic E-state index is 6.06. The van der Waals surface area contributed by atoms with E-state index in [2.05, 4.69) is 22.2 Å². The maximum absolute atomic E-state index is 6.06. The molecule has 0 fully saturated rings. The van der Waals surface area contributed by atoms with Crippen molar-refractivity contribution < 1.29 is 14.2 Å². The fraction of sp³-hybridized carbons (Fsp3) is 0.286. The molecule has 0 unspecified atom stereocenters. The van der Waals surface area contributed by atoms with E-state index in [1.807, 2.05) is 0 Å². The number of nitrogens with one attached hydrogen (secondary N) is 1. The Bertz CT molecular complexity index is 651. The lowest BCUT2D eigenvalue weighted by molar-refractivity contribution is 0.174. The molecule has 1 aliphatic rings. The van der Waals surface area contributed by atoms with Crippen molar-refractivity contribution >= 4 is 17.5 Å². The van der Waals surface area contributed by atoms with Gasteiger partial charge in [0, 0.05) is 12.6 Å². The Morgan fingerprint density at radius 1 is 1.33 bits per heavy atom. The van der Waals surface area contributed by atoms with Gasteiger partial charge in [-0.3, -0.25) is 0 Å². The van der Waals surface area contributed by atoms with Crippen molar-refractivity contribution in [3.05, 3.63) is 29.4 Å². The van der Waals surface area contributed by atoms with E-state index in [1.54, 1.807) is 18.2 Å². The fourth-order valence-corrected chi connectivity index (χ4v) is 1.93. The summed E-state index contributed by atoms with van der Waals surface area (Å²) in [5.74, 6) is 2.69. The van der Waals surface area contributed by atoms with Gasteiger partial charge in [0.2, 0.25) is 18.6 Å². The van der Waals surface area contributed by atoms with Crippen molar-refractivity contribution in [3.8, 4) is 23.1 Å². The van der Waals surface area contributed by atoms with E-state index in [4.69, 9.17) is 25.8 Å². The number of anilines is 1. The molecule has 0 aliphatic carbocycles. The highest BCUT2D eigenvalue weighted by molar-refractivity contribution is 6.31. The second-order valence-electron chi connectivity index (χ2n) is 4.39. The zero-order chi connectivity index (χ0) is 14.7. The van der Waals surface area contributed by atoms with Gasteiger partial charge in [0.15, 0.2) is 11.5 Å². The van der Waals surface area contributed by atoms with Crippen molar-refractivity contribution in [2.75, 3.05) is 18.7 Å². The van der Waals surface area contributed by atoms with Crippen LogP contribution in [0.5, 0.6) is 23.1 Å². The van der Waals surface area contributed by atoms with Crippen LogP contribution in [0.3, 0.4) is 0 Å². The lowest BCUT2D eigenvalue weighted by Gasteiger charge is -2.09. The van der Waals surface area contributed by atoms with Gasteiger partial charge in [-0.2, -0.15) is 4.98 Å². The summed E-state index contributed by atoms with van der Waals surface area (Å²) in [7, 11) is 0. The van der Waals surface area contributed by atoms with Crippen LogP contribution in [-0.4, -0.2) is 23.3 Å². The second kappa shape index (κ2) is 6.05. The Morgan fingerprint density at radius 3 is 3.05 bits per heavy atom. The molecule has 0 spiro atoms. The molecule has 1 aromatic heterocycles. The van der Waals surface area contributed by atoms with Crippen LogP contribution < -0.4 is 19.5 Å². The van der Waals surface area contributed by atoms with Crippen LogP contribution in [0, 0.1) is 0 Å². The lowest BCUT2D eigenvalue weighted by Crippen LogP contribution is -2.04. The number of ether oxygens (including phenoxy) is 3. The van der Waals surface area contributed by atoms with Crippen LogP contribution in [0.1, 0.15) is 13.3 Å². The first-order chi connectivity index (χ1) is 10.3. The number of hydrogen-bond acceptors (Lipinski definition) is 6. The normalized spacial score (nSPS) is 12.3. The summed E-state index contributed by atoms with van der Waals surface area (Å²) in [6.45, 7) is 3.07. The van der Waals surface area contributed by atoms with E-state index >= 15 is 0 Å². The summed E-state index contributed by atoms with van der Waals surface area (Å²) < 4.78 is 16.3. The predicted octanol–water partition coefficient (Wildman–Crippen LogP) is 3.47. The Balaban J connectivity index is 1.80. The van der Waals surface area contributed by atoms with E-state index in [9.17, 15) is 0 Å². The second-order valence-corrected chi connectivity index (χ2v) is 4.80. The zero-order valence-electron chi connectivity index (χ0n) is 11.4.